The molecule has 17 heavy (non-hydrogen) atoms. The van der Waals surface area contributed by atoms with Crippen molar-refractivity contribution in [3.8, 4) is 5.75 Å². The van der Waals surface area contributed by atoms with Crippen molar-refractivity contribution in [1.82, 2.24) is 0 Å². The van der Waals surface area contributed by atoms with Crippen molar-refractivity contribution in [2.45, 2.75) is 57.9 Å². The van der Waals surface area contributed by atoms with E-state index in [0.29, 0.717) is 11.8 Å². The molecule has 0 spiro atoms. The van der Waals surface area contributed by atoms with Crippen molar-refractivity contribution in [1.29, 1.82) is 0 Å². The van der Waals surface area contributed by atoms with Crippen molar-refractivity contribution in [2.75, 3.05) is 5.32 Å². The predicted molar refractivity (Wildman–Crippen MR) is 72.6 cm³/mol. The Morgan fingerprint density at radius 1 is 1.06 bits per heavy atom. The number of aryl methyl sites for hydroxylation is 1. The molecule has 0 saturated heterocycles. The standard InChI is InChI=1S/C15H23NO/c1-12-11-14(9-10-15(12)17)16-13-7-5-3-2-4-6-8-13/h9-11,13,16-17H,2-8H2,1H3. The molecule has 1 aromatic carbocycles. The SMILES string of the molecule is Cc1cc(NC2CCCCCCC2)ccc1O. The van der Waals surface area contributed by atoms with Gasteiger partial charge in [0.2, 0.25) is 0 Å². The first-order chi connectivity index (χ1) is 8.25. The molecule has 1 aliphatic rings. The third-order valence-corrected chi connectivity index (χ3v) is 3.67. The number of nitrogens with one attached hydrogen (secondary N) is 1. The van der Waals surface area contributed by atoms with E-state index in [4.69, 9.17) is 0 Å². The number of benzene rings is 1. The molecule has 2 rings (SSSR count). The Bertz CT molecular complexity index is 354. The fraction of sp³-hybridized carbons (Fsp3) is 0.600. The highest BCUT2D eigenvalue weighted by Crippen LogP contribution is 2.24. The van der Waals surface area contributed by atoms with Crippen LogP contribution >= 0.6 is 0 Å². The minimum atomic E-state index is 0.383. The lowest BCUT2D eigenvalue weighted by Gasteiger charge is -2.22. The lowest BCUT2D eigenvalue weighted by atomic mass is 9.96. The second-order valence-electron chi connectivity index (χ2n) is 5.19. The predicted octanol–water partition coefficient (Wildman–Crippen LogP) is 4.23. The molecule has 2 heteroatoms. The average molecular weight is 233 g/mol. The fourth-order valence-electron chi connectivity index (χ4n) is 2.58. The van der Waals surface area contributed by atoms with E-state index >= 15 is 0 Å². The van der Waals surface area contributed by atoms with Crippen LogP contribution in [0.5, 0.6) is 5.75 Å². The molecule has 0 atom stereocenters. The van der Waals surface area contributed by atoms with Gasteiger partial charge in [0.05, 0.1) is 0 Å². The van der Waals surface area contributed by atoms with Crippen LogP contribution in [0.1, 0.15) is 50.5 Å². The van der Waals surface area contributed by atoms with Crippen LogP contribution in [0.15, 0.2) is 18.2 Å². The van der Waals surface area contributed by atoms with E-state index in [9.17, 15) is 5.11 Å². The summed E-state index contributed by atoms with van der Waals surface area (Å²) in [6.45, 7) is 1.94. The Labute approximate surface area is 104 Å². The fourth-order valence-corrected chi connectivity index (χ4v) is 2.58. The zero-order chi connectivity index (χ0) is 12.1. The van der Waals surface area contributed by atoms with Crippen LogP contribution in [0, 0.1) is 6.92 Å². The van der Waals surface area contributed by atoms with Crippen molar-refractivity contribution in [3.63, 3.8) is 0 Å². The Morgan fingerprint density at radius 2 is 1.71 bits per heavy atom. The Morgan fingerprint density at radius 3 is 2.35 bits per heavy atom. The summed E-state index contributed by atoms with van der Waals surface area (Å²) in [5.74, 6) is 0.383. The summed E-state index contributed by atoms with van der Waals surface area (Å²) >= 11 is 0. The topological polar surface area (TPSA) is 32.3 Å². The first-order valence-corrected chi connectivity index (χ1v) is 6.82. The summed E-state index contributed by atoms with van der Waals surface area (Å²) in [6, 6.07) is 6.40. The highest BCUT2D eigenvalue weighted by Gasteiger charge is 2.11. The molecular formula is C15H23NO. The number of anilines is 1. The first-order valence-electron chi connectivity index (χ1n) is 6.82. The maximum Gasteiger partial charge on any atom is 0.118 e. The van der Waals surface area contributed by atoms with Crippen LogP contribution in [-0.2, 0) is 0 Å². The van der Waals surface area contributed by atoms with E-state index in [1.165, 1.54) is 44.9 Å². The quantitative estimate of drug-likeness (QED) is 0.749. The molecular weight excluding hydrogens is 210 g/mol. The van der Waals surface area contributed by atoms with E-state index in [-0.39, 0.29) is 0 Å². The Hall–Kier alpha value is -1.18. The van der Waals surface area contributed by atoms with Gasteiger partial charge in [-0.15, -0.1) is 0 Å². The van der Waals surface area contributed by atoms with Gasteiger partial charge in [-0.25, -0.2) is 0 Å². The number of aromatic hydroxyl groups is 1. The van der Waals surface area contributed by atoms with E-state index < -0.39 is 0 Å². The molecule has 0 radical (unpaired) electrons. The van der Waals surface area contributed by atoms with Gasteiger partial charge in [0, 0.05) is 11.7 Å². The lowest BCUT2D eigenvalue weighted by molar-refractivity contribution is 0.468. The summed E-state index contributed by atoms with van der Waals surface area (Å²) < 4.78 is 0. The van der Waals surface area contributed by atoms with Gasteiger partial charge in [-0.2, -0.15) is 0 Å². The molecule has 0 bridgehead atoms. The molecule has 2 N–H and O–H groups in total. The Kier molecular flexibility index (Phi) is 4.29. The van der Waals surface area contributed by atoms with Crippen molar-refractivity contribution >= 4 is 5.69 Å². The molecule has 0 aliphatic heterocycles. The number of phenolic OH excluding ortho intramolecular Hbond substituents is 1. The van der Waals surface area contributed by atoms with Crippen LogP contribution in [0.2, 0.25) is 0 Å². The number of rotatable bonds is 2. The van der Waals surface area contributed by atoms with Gasteiger partial charge in [0.15, 0.2) is 0 Å². The molecule has 1 aromatic rings. The molecule has 1 fully saturated rings. The summed E-state index contributed by atoms with van der Waals surface area (Å²) in [6.07, 6.45) is 9.41. The normalized spacial score (nSPS) is 18.4. The van der Waals surface area contributed by atoms with Crippen LogP contribution in [0.25, 0.3) is 0 Å². The second kappa shape index (κ2) is 5.95. The van der Waals surface area contributed by atoms with Gasteiger partial charge in [-0.05, 0) is 43.5 Å². The highest BCUT2D eigenvalue weighted by atomic mass is 16.3. The van der Waals surface area contributed by atoms with E-state index in [0.717, 1.165) is 11.3 Å². The van der Waals surface area contributed by atoms with Crippen molar-refractivity contribution in [2.24, 2.45) is 0 Å². The molecule has 1 aliphatic carbocycles. The summed E-state index contributed by atoms with van der Waals surface area (Å²) in [7, 11) is 0. The first kappa shape index (κ1) is 12.3. The van der Waals surface area contributed by atoms with Gasteiger partial charge in [0.25, 0.3) is 0 Å². The minimum Gasteiger partial charge on any atom is -0.508 e. The van der Waals surface area contributed by atoms with E-state index in [2.05, 4.69) is 5.32 Å². The summed E-state index contributed by atoms with van der Waals surface area (Å²) in [5, 5.41) is 13.1. The average Bonchev–Trinajstić information content (AvgIpc) is 2.27. The van der Waals surface area contributed by atoms with Crippen LogP contribution < -0.4 is 5.32 Å². The maximum absolute atomic E-state index is 9.50. The van der Waals surface area contributed by atoms with Crippen LogP contribution in [0.3, 0.4) is 0 Å². The van der Waals surface area contributed by atoms with Crippen LogP contribution in [-0.4, -0.2) is 11.1 Å². The third kappa shape index (κ3) is 3.65. The maximum atomic E-state index is 9.50. The second-order valence-corrected chi connectivity index (χ2v) is 5.19. The van der Waals surface area contributed by atoms with Gasteiger partial charge < -0.3 is 10.4 Å². The molecule has 0 unspecified atom stereocenters. The molecule has 2 nitrogen and oxygen atoms in total. The molecule has 0 amide bonds. The lowest BCUT2D eigenvalue weighted by Crippen LogP contribution is -2.20. The Balaban J connectivity index is 1.95. The minimum absolute atomic E-state index is 0.383. The zero-order valence-corrected chi connectivity index (χ0v) is 10.7. The summed E-state index contributed by atoms with van der Waals surface area (Å²) in [5.41, 5.74) is 2.09. The third-order valence-electron chi connectivity index (χ3n) is 3.67. The molecule has 94 valence electrons. The van der Waals surface area contributed by atoms with Gasteiger partial charge in [-0.1, -0.05) is 32.1 Å². The highest BCUT2D eigenvalue weighted by molar-refractivity contribution is 5.50. The number of hydrogen-bond donors (Lipinski definition) is 2. The van der Waals surface area contributed by atoms with E-state index in [1.807, 2.05) is 19.1 Å². The van der Waals surface area contributed by atoms with Gasteiger partial charge in [-0.3, -0.25) is 0 Å². The summed E-state index contributed by atoms with van der Waals surface area (Å²) in [4.78, 5) is 0. The number of phenols is 1. The van der Waals surface area contributed by atoms with Gasteiger partial charge in [0.1, 0.15) is 5.75 Å². The van der Waals surface area contributed by atoms with Crippen LogP contribution in [0.4, 0.5) is 5.69 Å². The monoisotopic (exact) mass is 233 g/mol. The van der Waals surface area contributed by atoms with Crippen molar-refractivity contribution < 1.29 is 5.11 Å². The number of hydrogen-bond acceptors (Lipinski definition) is 2. The van der Waals surface area contributed by atoms with E-state index in [1.54, 1.807) is 6.07 Å². The molecule has 0 heterocycles. The molecule has 1 saturated carbocycles. The van der Waals surface area contributed by atoms with Crippen molar-refractivity contribution in [3.05, 3.63) is 23.8 Å². The molecule has 0 aromatic heterocycles. The van der Waals surface area contributed by atoms with Gasteiger partial charge >= 0.3 is 0 Å². The largest absolute Gasteiger partial charge is 0.508 e. The smallest absolute Gasteiger partial charge is 0.118 e. The zero-order valence-electron chi connectivity index (χ0n) is 10.7.